The molecule has 1 heterocycles. The molecule has 0 radical (unpaired) electrons. The third kappa shape index (κ3) is 5.19. The van der Waals surface area contributed by atoms with Gasteiger partial charge in [-0.1, -0.05) is 13.3 Å². The van der Waals surface area contributed by atoms with Gasteiger partial charge in [-0.25, -0.2) is 0 Å². The smallest absolute Gasteiger partial charge is 0.225 e. The van der Waals surface area contributed by atoms with Crippen LogP contribution in [-0.4, -0.2) is 35.8 Å². The van der Waals surface area contributed by atoms with Gasteiger partial charge in [-0.2, -0.15) is 0 Å². The fraction of sp³-hybridized carbons (Fsp3) is 0.857. The summed E-state index contributed by atoms with van der Waals surface area (Å²) in [5.41, 5.74) is 11.0. The number of primary amides is 1. The predicted octanol–water partition coefficient (Wildman–Crippen LogP) is 0.864. The third-order valence-corrected chi connectivity index (χ3v) is 3.93. The number of rotatable bonds is 6. The van der Waals surface area contributed by atoms with Gasteiger partial charge in [0, 0.05) is 31.0 Å². The highest BCUT2D eigenvalue weighted by molar-refractivity contribution is 5.80. The highest BCUT2D eigenvalue weighted by Gasteiger charge is 2.27. The Hall–Kier alpha value is -1.10. The van der Waals surface area contributed by atoms with E-state index in [2.05, 4.69) is 0 Å². The zero-order chi connectivity index (χ0) is 14.4. The summed E-state index contributed by atoms with van der Waals surface area (Å²) in [5.74, 6) is -0.0500. The van der Waals surface area contributed by atoms with E-state index >= 15 is 0 Å². The summed E-state index contributed by atoms with van der Waals surface area (Å²) in [5, 5.41) is 0. The number of nitrogens with zero attached hydrogens (tertiary/aromatic N) is 1. The molecule has 110 valence electrons. The Morgan fingerprint density at radius 3 is 2.26 bits per heavy atom. The zero-order valence-corrected chi connectivity index (χ0v) is 12.1. The van der Waals surface area contributed by atoms with E-state index in [1.54, 1.807) is 0 Å². The Balaban J connectivity index is 2.31. The van der Waals surface area contributed by atoms with Crippen molar-refractivity contribution in [2.75, 3.05) is 13.1 Å². The monoisotopic (exact) mass is 269 g/mol. The summed E-state index contributed by atoms with van der Waals surface area (Å²) in [7, 11) is 0. The van der Waals surface area contributed by atoms with Crippen molar-refractivity contribution in [3.8, 4) is 0 Å². The normalized spacial score (nSPS) is 20.1. The molecule has 0 spiro atoms. The number of amides is 2. The van der Waals surface area contributed by atoms with Gasteiger partial charge in [0.1, 0.15) is 0 Å². The van der Waals surface area contributed by atoms with Gasteiger partial charge in [0.15, 0.2) is 0 Å². The second-order valence-corrected chi connectivity index (χ2v) is 5.81. The number of piperidine rings is 1. The summed E-state index contributed by atoms with van der Waals surface area (Å²) in [6.07, 6.45) is 4.24. The van der Waals surface area contributed by atoms with Crippen LogP contribution >= 0.6 is 0 Å². The summed E-state index contributed by atoms with van der Waals surface area (Å²) in [4.78, 5) is 25.2. The van der Waals surface area contributed by atoms with Crippen LogP contribution in [0, 0.1) is 11.8 Å². The first kappa shape index (κ1) is 16.0. The van der Waals surface area contributed by atoms with Crippen LogP contribution in [-0.2, 0) is 9.59 Å². The van der Waals surface area contributed by atoms with Gasteiger partial charge in [-0.3, -0.25) is 9.59 Å². The molecule has 1 saturated heterocycles. The molecule has 19 heavy (non-hydrogen) atoms. The predicted molar refractivity (Wildman–Crippen MR) is 75.2 cm³/mol. The lowest BCUT2D eigenvalue weighted by molar-refractivity contribution is -0.138. The van der Waals surface area contributed by atoms with Crippen molar-refractivity contribution in [3.63, 3.8) is 0 Å². The van der Waals surface area contributed by atoms with Crippen molar-refractivity contribution >= 4 is 11.8 Å². The van der Waals surface area contributed by atoms with Crippen molar-refractivity contribution in [2.24, 2.45) is 23.3 Å². The number of likely N-dealkylation sites (tertiary alicyclic amines) is 1. The molecule has 0 aromatic carbocycles. The van der Waals surface area contributed by atoms with E-state index in [1.807, 2.05) is 18.7 Å². The Bertz CT molecular complexity index is 310. The zero-order valence-electron chi connectivity index (χ0n) is 12.1. The van der Waals surface area contributed by atoms with Gasteiger partial charge in [-0.05, 0) is 32.6 Å². The minimum absolute atomic E-state index is 0.0453. The fourth-order valence-electron chi connectivity index (χ4n) is 2.57. The maximum atomic E-state index is 12.2. The average Bonchev–Trinajstić information content (AvgIpc) is 2.37. The fourth-order valence-corrected chi connectivity index (χ4v) is 2.57. The Morgan fingerprint density at radius 1 is 1.21 bits per heavy atom. The number of nitrogens with two attached hydrogens (primary N) is 2. The van der Waals surface area contributed by atoms with Crippen molar-refractivity contribution < 1.29 is 9.59 Å². The molecule has 2 amide bonds. The van der Waals surface area contributed by atoms with Crippen molar-refractivity contribution in [1.29, 1.82) is 0 Å². The van der Waals surface area contributed by atoms with E-state index in [1.165, 1.54) is 0 Å². The van der Waals surface area contributed by atoms with E-state index in [0.29, 0.717) is 25.9 Å². The van der Waals surface area contributed by atoms with Gasteiger partial charge in [-0.15, -0.1) is 0 Å². The minimum Gasteiger partial charge on any atom is -0.369 e. The van der Waals surface area contributed by atoms with Crippen LogP contribution in [0.4, 0.5) is 0 Å². The number of hydrogen-bond donors (Lipinski definition) is 2. The second kappa shape index (κ2) is 7.48. The molecule has 1 fully saturated rings. The lowest BCUT2D eigenvalue weighted by Crippen LogP contribution is -2.43. The molecule has 5 nitrogen and oxygen atoms in total. The summed E-state index contributed by atoms with van der Waals surface area (Å²) < 4.78 is 0. The average molecular weight is 269 g/mol. The first-order chi connectivity index (χ1) is 8.91. The number of carbonyl (C=O) groups is 2. The van der Waals surface area contributed by atoms with Crippen LogP contribution in [0.25, 0.3) is 0 Å². The third-order valence-electron chi connectivity index (χ3n) is 3.93. The van der Waals surface area contributed by atoms with Gasteiger partial charge in [0.2, 0.25) is 11.8 Å². The van der Waals surface area contributed by atoms with E-state index in [4.69, 9.17) is 11.5 Å². The van der Waals surface area contributed by atoms with Crippen molar-refractivity contribution in [2.45, 2.75) is 52.0 Å². The lowest BCUT2D eigenvalue weighted by Gasteiger charge is -2.32. The number of hydrogen-bond acceptors (Lipinski definition) is 3. The number of carbonyl (C=O) groups excluding carboxylic acids is 2. The molecule has 0 saturated carbocycles. The first-order valence-electron chi connectivity index (χ1n) is 7.25. The first-order valence-corrected chi connectivity index (χ1v) is 7.25. The quantitative estimate of drug-likeness (QED) is 0.749. The van der Waals surface area contributed by atoms with Gasteiger partial charge >= 0.3 is 0 Å². The van der Waals surface area contributed by atoms with Gasteiger partial charge in [0.25, 0.3) is 0 Å². The summed E-state index contributed by atoms with van der Waals surface area (Å²) in [6.45, 7) is 5.28. The SMILES string of the molecule is CC(N)CCCC(C)C(=O)N1CCC(C(N)=O)CC1. The largest absolute Gasteiger partial charge is 0.369 e. The van der Waals surface area contributed by atoms with Crippen LogP contribution in [0.2, 0.25) is 0 Å². The molecular weight excluding hydrogens is 242 g/mol. The summed E-state index contributed by atoms with van der Waals surface area (Å²) in [6, 6.07) is 0.202. The standard InChI is InChI=1S/C14H27N3O2/c1-10(4-3-5-11(2)15)14(19)17-8-6-12(7-9-17)13(16)18/h10-12H,3-9,15H2,1-2H3,(H2,16,18). The maximum absolute atomic E-state index is 12.2. The Labute approximate surface area is 115 Å². The minimum atomic E-state index is -0.239. The van der Waals surface area contributed by atoms with Crippen LogP contribution < -0.4 is 11.5 Å². The van der Waals surface area contributed by atoms with Crippen molar-refractivity contribution in [1.82, 2.24) is 4.90 Å². The molecule has 0 aromatic heterocycles. The Morgan fingerprint density at radius 2 is 1.79 bits per heavy atom. The maximum Gasteiger partial charge on any atom is 0.225 e. The molecule has 1 aliphatic rings. The topological polar surface area (TPSA) is 89.4 Å². The van der Waals surface area contributed by atoms with Crippen LogP contribution in [0.5, 0.6) is 0 Å². The van der Waals surface area contributed by atoms with Crippen molar-refractivity contribution in [3.05, 3.63) is 0 Å². The van der Waals surface area contributed by atoms with Gasteiger partial charge in [0.05, 0.1) is 0 Å². The molecule has 1 rings (SSSR count). The molecule has 2 atom stereocenters. The highest BCUT2D eigenvalue weighted by Crippen LogP contribution is 2.20. The Kier molecular flexibility index (Phi) is 6.28. The van der Waals surface area contributed by atoms with Crippen LogP contribution in [0.1, 0.15) is 46.0 Å². The molecule has 1 aliphatic heterocycles. The van der Waals surface area contributed by atoms with Crippen LogP contribution in [0.15, 0.2) is 0 Å². The molecule has 0 bridgehead atoms. The van der Waals surface area contributed by atoms with E-state index in [-0.39, 0.29) is 29.7 Å². The molecule has 2 unspecified atom stereocenters. The second-order valence-electron chi connectivity index (χ2n) is 5.81. The van der Waals surface area contributed by atoms with E-state index in [9.17, 15) is 9.59 Å². The van der Waals surface area contributed by atoms with Gasteiger partial charge < -0.3 is 16.4 Å². The molecule has 0 aliphatic carbocycles. The van der Waals surface area contributed by atoms with Crippen LogP contribution in [0.3, 0.4) is 0 Å². The molecular formula is C14H27N3O2. The molecule has 4 N–H and O–H groups in total. The highest BCUT2D eigenvalue weighted by atomic mass is 16.2. The lowest BCUT2D eigenvalue weighted by atomic mass is 9.94. The van der Waals surface area contributed by atoms with E-state index < -0.39 is 0 Å². The summed E-state index contributed by atoms with van der Waals surface area (Å²) >= 11 is 0. The molecule has 5 heteroatoms. The van der Waals surface area contributed by atoms with E-state index in [0.717, 1.165) is 19.3 Å². The molecule has 0 aromatic rings.